The zero-order chi connectivity index (χ0) is 21.0. The summed E-state index contributed by atoms with van der Waals surface area (Å²) in [5.41, 5.74) is 5.23. The summed E-state index contributed by atoms with van der Waals surface area (Å²) in [7, 11) is 0. The summed E-state index contributed by atoms with van der Waals surface area (Å²) in [6.07, 6.45) is -1.79. The molecule has 1 fully saturated rings. The van der Waals surface area contributed by atoms with Crippen molar-refractivity contribution < 1.29 is 33.3 Å². The van der Waals surface area contributed by atoms with Crippen LogP contribution in [-0.4, -0.2) is 52.4 Å². The van der Waals surface area contributed by atoms with Crippen molar-refractivity contribution in [1.82, 2.24) is 9.55 Å². The summed E-state index contributed by atoms with van der Waals surface area (Å²) < 4.78 is 22.2. The molecule has 1 aliphatic heterocycles. The number of anilines is 1. The fraction of sp³-hybridized carbons (Fsp3) is 0.471. The Morgan fingerprint density at radius 3 is 2.36 bits per heavy atom. The monoisotopic (exact) mass is 395 g/mol. The Balaban J connectivity index is 2.49. The van der Waals surface area contributed by atoms with Crippen molar-refractivity contribution >= 4 is 29.8 Å². The van der Waals surface area contributed by atoms with E-state index in [1.54, 1.807) is 0 Å². The number of nitrogen functional groups attached to an aromatic ring is 1. The number of ether oxygens (including phenoxy) is 4. The number of esters is 3. The van der Waals surface area contributed by atoms with Gasteiger partial charge in [-0.2, -0.15) is 4.98 Å². The number of carbonyl (C=O) groups excluding carboxylic acids is 3. The van der Waals surface area contributed by atoms with Crippen molar-refractivity contribution in [3.05, 3.63) is 28.8 Å². The lowest BCUT2D eigenvalue weighted by molar-refractivity contribution is -0.166. The molecule has 2 N–H and O–H groups in total. The largest absolute Gasteiger partial charge is 0.463 e. The number of rotatable bonds is 6. The van der Waals surface area contributed by atoms with Crippen LogP contribution in [0.25, 0.3) is 6.08 Å². The Morgan fingerprint density at radius 1 is 1.21 bits per heavy atom. The lowest BCUT2D eigenvalue weighted by atomic mass is 10.1. The van der Waals surface area contributed by atoms with E-state index < -0.39 is 48.1 Å². The predicted molar refractivity (Wildman–Crippen MR) is 94.7 cm³/mol. The second kappa shape index (κ2) is 8.65. The van der Waals surface area contributed by atoms with Gasteiger partial charge in [0.25, 0.3) is 0 Å². The summed E-state index contributed by atoms with van der Waals surface area (Å²) in [6.45, 7) is 6.81. The third-order valence-electron chi connectivity index (χ3n) is 3.85. The molecule has 11 heteroatoms. The molecule has 0 unspecified atom stereocenters. The van der Waals surface area contributed by atoms with Gasteiger partial charge in [0.15, 0.2) is 18.4 Å². The Kier molecular flexibility index (Phi) is 6.52. The second-order valence-corrected chi connectivity index (χ2v) is 5.99. The maximum absolute atomic E-state index is 12.4. The molecule has 0 aromatic carbocycles. The quantitative estimate of drug-likeness (QED) is 0.506. The molecule has 0 saturated carbocycles. The predicted octanol–water partition coefficient (Wildman–Crippen LogP) is -0.208. The summed E-state index contributed by atoms with van der Waals surface area (Å²) >= 11 is 0. The minimum absolute atomic E-state index is 0.0358. The van der Waals surface area contributed by atoms with E-state index in [-0.39, 0.29) is 12.4 Å². The third kappa shape index (κ3) is 4.74. The lowest BCUT2D eigenvalue weighted by Crippen LogP contribution is -2.42. The van der Waals surface area contributed by atoms with E-state index in [2.05, 4.69) is 11.6 Å². The Morgan fingerprint density at radius 2 is 1.82 bits per heavy atom. The number of nitrogens with two attached hydrogens (primary N) is 1. The van der Waals surface area contributed by atoms with Gasteiger partial charge >= 0.3 is 23.6 Å². The number of nitrogens with zero attached hydrogens (tertiary/aromatic N) is 2. The molecule has 2 heterocycles. The van der Waals surface area contributed by atoms with E-state index in [1.165, 1.54) is 19.2 Å². The average molecular weight is 395 g/mol. The molecule has 2 rings (SSSR count). The summed E-state index contributed by atoms with van der Waals surface area (Å²) in [5.74, 6) is -1.98. The maximum Gasteiger partial charge on any atom is 0.351 e. The van der Waals surface area contributed by atoms with Crippen LogP contribution < -0.4 is 11.4 Å². The smallest absolute Gasteiger partial charge is 0.351 e. The molecule has 0 amide bonds. The molecule has 0 radical (unpaired) electrons. The Hall–Kier alpha value is -3.21. The molecular formula is C17H21N3O8. The van der Waals surface area contributed by atoms with Gasteiger partial charge in [0.1, 0.15) is 18.5 Å². The standard InChI is InChI=1S/C17H21N3O8/c1-5-11-6-20(17(24)19-15(11)18)16-14(27-10(4)23)13(26-9(3)22)12(28-16)7-25-8(2)21/h5-6,12-14,16H,1,7H2,2-4H3,(H2,18,19,24)/t12-,13+,14-,16-/m1/s1. The van der Waals surface area contributed by atoms with Crippen molar-refractivity contribution in [3.63, 3.8) is 0 Å². The van der Waals surface area contributed by atoms with Crippen molar-refractivity contribution in [2.45, 2.75) is 45.3 Å². The van der Waals surface area contributed by atoms with Gasteiger partial charge in [0, 0.05) is 32.5 Å². The average Bonchev–Trinajstić information content (AvgIpc) is 2.89. The molecular weight excluding hydrogens is 374 g/mol. The van der Waals surface area contributed by atoms with Crippen molar-refractivity contribution in [3.8, 4) is 0 Å². The fourth-order valence-corrected chi connectivity index (χ4v) is 2.75. The van der Waals surface area contributed by atoms with E-state index in [9.17, 15) is 19.2 Å². The first kappa shape index (κ1) is 21.1. The molecule has 152 valence electrons. The molecule has 1 aliphatic rings. The first-order chi connectivity index (χ1) is 13.1. The molecule has 4 atom stereocenters. The van der Waals surface area contributed by atoms with Crippen LogP contribution in [0.4, 0.5) is 5.82 Å². The summed E-state index contributed by atoms with van der Waals surface area (Å²) in [4.78, 5) is 50.3. The van der Waals surface area contributed by atoms with Crippen LogP contribution in [0, 0.1) is 0 Å². The highest BCUT2D eigenvalue weighted by Crippen LogP contribution is 2.34. The van der Waals surface area contributed by atoms with Gasteiger partial charge in [-0.25, -0.2) is 4.79 Å². The van der Waals surface area contributed by atoms with Gasteiger partial charge in [-0.3, -0.25) is 19.0 Å². The van der Waals surface area contributed by atoms with Gasteiger partial charge in [-0.1, -0.05) is 12.7 Å². The van der Waals surface area contributed by atoms with Crippen molar-refractivity contribution in [1.29, 1.82) is 0 Å². The minimum atomic E-state index is -1.20. The topological polar surface area (TPSA) is 149 Å². The van der Waals surface area contributed by atoms with E-state index in [0.29, 0.717) is 5.56 Å². The SMILES string of the molecule is C=Cc1cn([C@@H]2O[C@H](COC(C)=O)[C@H](OC(C)=O)[C@H]2OC(C)=O)c(=O)nc1N. The number of aromatic nitrogens is 2. The first-order valence-electron chi connectivity index (χ1n) is 8.28. The third-order valence-corrected chi connectivity index (χ3v) is 3.85. The minimum Gasteiger partial charge on any atom is -0.463 e. The molecule has 11 nitrogen and oxygen atoms in total. The Bertz CT molecular complexity index is 849. The highest BCUT2D eigenvalue weighted by molar-refractivity contribution is 5.68. The molecule has 0 bridgehead atoms. The van der Waals surface area contributed by atoms with Crippen LogP contribution in [0.5, 0.6) is 0 Å². The van der Waals surface area contributed by atoms with Crippen molar-refractivity contribution in [2.24, 2.45) is 0 Å². The van der Waals surface area contributed by atoms with Gasteiger partial charge < -0.3 is 24.7 Å². The van der Waals surface area contributed by atoms with Crippen LogP contribution in [0.2, 0.25) is 0 Å². The van der Waals surface area contributed by atoms with E-state index in [4.69, 9.17) is 24.7 Å². The lowest BCUT2D eigenvalue weighted by Gasteiger charge is -2.24. The number of hydrogen-bond donors (Lipinski definition) is 1. The second-order valence-electron chi connectivity index (χ2n) is 5.99. The van der Waals surface area contributed by atoms with Crippen LogP contribution >= 0.6 is 0 Å². The molecule has 1 aromatic rings. The molecule has 0 aliphatic carbocycles. The fourth-order valence-electron chi connectivity index (χ4n) is 2.75. The van der Waals surface area contributed by atoms with Gasteiger partial charge in [0.2, 0.25) is 0 Å². The highest BCUT2D eigenvalue weighted by atomic mass is 16.7. The van der Waals surface area contributed by atoms with Crippen LogP contribution in [0.3, 0.4) is 0 Å². The Labute approximate surface area is 160 Å². The molecule has 1 saturated heterocycles. The van der Waals surface area contributed by atoms with Crippen LogP contribution in [0.1, 0.15) is 32.6 Å². The van der Waals surface area contributed by atoms with Crippen LogP contribution in [-0.2, 0) is 33.3 Å². The number of carbonyl (C=O) groups is 3. The molecule has 28 heavy (non-hydrogen) atoms. The zero-order valence-corrected chi connectivity index (χ0v) is 15.6. The summed E-state index contributed by atoms with van der Waals surface area (Å²) in [6, 6.07) is 0. The highest BCUT2D eigenvalue weighted by Gasteiger charge is 2.51. The first-order valence-corrected chi connectivity index (χ1v) is 8.28. The summed E-state index contributed by atoms with van der Waals surface area (Å²) in [5, 5.41) is 0. The van der Waals surface area contributed by atoms with Gasteiger partial charge in [-0.15, -0.1) is 0 Å². The molecule has 1 aromatic heterocycles. The van der Waals surface area contributed by atoms with Crippen molar-refractivity contribution in [2.75, 3.05) is 12.3 Å². The maximum atomic E-state index is 12.4. The van der Waals surface area contributed by atoms with E-state index in [1.807, 2.05) is 0 Å². The normalized spacial score (nSPS) is 23.7. The molecule has 0 spiro atoms. The van der Waals surface area contributed by atoms with Gasteiger partial charge in [-0.05, 0) is 0 Å². The zero-order valence-electron chi connectivity index (χ0n) is 15.6. The van der Waals surface area contributed by atoms with E-state index in [0.717, 1.165) is 18.4 Å². The van der Waals surface area contributed by atoms with Crippen LogP contribution in [0.15, 0.2) is 17.6 Å². The number of hydrogen-bond acceptors (Lipinski definition) is 10. The van der Waals surface area contributed by atoms with E-state index >= 15 is 0 Å². The van der Waals surface area contributed by atoms with Gasteiger partial charge in [0.05, 0.1) is 0 Å².